The largest absolute Gasteiger partial charge is 0.489 e. The molecule has 26 heteroatoms. The number of carbonyl (C=O) groups is 7. The normalized spacial score (nSPS) is 15.2. The average molecular weight is 1790 g/mol. The molecule has 0 saturated heterocycles. The van der Waals surface area contributed by atoms with Crippen LogP contribution in [-0.4, -0.2) is 109 Å². The maximum atomic E-state index is 12.3. The first-order valence-electron chi connectivity index (χ1n) is 46.0. The predicted molar refractivity (Wildman–Crippen MR) is 514 cm³/mol. The van der Waals surface area contributed by atoms with Gasteiger partial charge in [0, 0.05) is 118 Å². The van der Waals surface area contributed by atoms with Gasteiger partial charge < -0.3 is 81.1 Å². The van der Waals surface area contributed by atoms with Gasteiger partial charge in [-0.2, -0.15) is 0 Å². The number of aliphatic carboxylic acids is 1. The Labute approximate surface area is 772 Å². The summed E-state index contributed by atoms with van der Waals surface area (Å²) in [4.78, 5) is 95.4. The number of nitrogens with two attached hydrogens (primary N) is 2. The average Bonchev–Trinajstić information content (AvgIpc) is 1.80. The number of benzene rings is 9. The van der Waals surface area contributed by atoms with E-state index in [2.05, 4.69) is 36.2 Å². The molecule has 5 saturated carbocycles. The third kappa shape index (κ3) is 33.6. The zero-order valence-corrected chi connectivity index (χ0v) is 74.8. The third-order valence-corrected chi connectivity index (χ3v) is 23.8. The van der Waals surface area contributed by atoms with Crippen molar-refractivity contribution in [2.45, 2.75) is 199 Å². The van der Waals surface area contributed by atoms with Crippen molar-refractivity contribution in [3.05, 3.63) is 309 Å². The molecule has 3 unspecified atom stereocenters. The summed E-state index contributed by atoms with van der Waals surface area (Å²) >= 11 is 0. The van der Waals surface area contributed by atoms with Gasteiger partial charge in [-0.15, -0.1) is 0 Å². The Morgan fingerprint density at radius 3 is 0.970 bits per heavy atom. The number of hydrogen-bond donors (Lipinski definition) is 10. The molecule has 17 rings (SSSR count). The molecule has 5 aliphatic carbocycles. The van der Waals surface area contributed by atoms with Crippen molar-refractivity contribution in [1.29, 1.82) is 0 Å². The van der Waals surface area contributed by atoms with E-state index in [0.717, 1.165) is 186 Å². The number of aliphatic hydroxyl groups is 3. The molecule has 692 valence electrons. The monoisotopic (exact) mass is 1790 g/mol. The summed E-state index contributed by atoms with van der Waals surface area (Å²) in [5, 5.41) is 49.1. The number of Topliss-reactive ketones (excluding diaryl/α,β-unsaturated/α-hetero) is 2. The predicted octanol–water partition coefficient (Wildman–Crippen LogP) is 19.5. The second-order valence-electron chi connectivity index (χ2n) is 33.7. The number of amides is 4. The highest BCUT2D eigenvalue weighted by Crippen LogP contribution is 2.33. The Morgan fingerprint density at radius 2 is 0.629 bits per heavy atom. The van der Waals surface area contributed by atoms with Crippen LogP contribution in [0.25, 0.3) is 17.1 Å². The lowest BCUT2D eigenvalue weighted by atomic mass is 9.85. The van der Waals surface area contributed by atoms with Crippen molar-refractivity contribution in [2.24, 2.45) is 29.6 Å². The number of hydrogen-bond acceptors (Lipinski definition) is 18. The first-order chi connectivity index (χ1) is 64.3. The number of aliphatic hydroxyl groups excluding tert-OH is 3. The second-order valence-corrected chi connectivity index (χ2v) is 33.7. The molecule has 0 aliphatic heterocycles. The molecule has 0 radical (unpaired) electrons. The van der Waals surface area contributed by atoms with Crippen LogP contribution in [0.2, 0.25) is 0 Å². The molecule has 5 fully saturated rings. The highest BCUT2D eigenvalue weighted by molar-refractivity contribution is 6.41. The van der Waals surface area contributed by atoms with Gasteiger partial charge in [0.15, 0.2) is 6.10 Å². The van der Waals surface area contributed by atoms with Gasteiger partial charge in [-0.05, 0) is 208 Å². The zero-order chi connectivity index (χ0) is 92.9. The van der Waals surface area contributed by atoms with Gasteiger partial charge in [-0.25, -0.2) is 19.7 Å². The lowest BCUT2D eigenvalue weighted by Gasteiger charge is -2.25. The smallest absolute Gasteiger partial charge is 0.332 e. The molecule has 3 atom stereocenters. The number of carboxylic acid groups (broad SMARTS) is 1. The Bertz CT molecular complexity index is 5390. The van der Waals surface area contributed by atoms with Crippen LogP contribution in [0.5, 0.6) is 17.2 Å². The van der Waals surface area contributed by atoms with Crippen LogP contribution < -0.4 is 46.9 Å². The molecule has 9 aromatic carbocycles. The van der Waals surface area contributed by atoms with Crippen molar-refractivity contribution in [1.82, 2.24) is 28.7 Å². The molecule has 0 bridgehead atoms. The SMILES string of the molecule is Nc1ccc(-n2ccnc2)cc1.Nc1cccc(OCc2ccccc2)c1.O=C(Nc1ccc(-n2ccnc2)cc1)C(=O)C1CCCCC1.O=C(Nc1ccc(-n2ccnc2)cc1)C(O)C1CCCCC1.O=C(Nc1cccc(OCc2ccccc2)c1)C(=O)C1CCCCC1.O=C(Nc1cccc(OCc2ccccc2)c1)C(O)C1CCCCC1.O=C(O)C(O)C1CCCCC1. The molecule has 12 aromatic rings. The number of rotatable bonds is 26. The Kier molecular flexibility index (Phi) is 40.4. The fourth-order valence-electron chi connectivity index (χ4n) is 16.4. The lowest BCUT2D eigenvalue weighted by molar-refractivity contribution is -0.150. The minimum atomic E-state index is -1.13. The third-order valence-electron chi connectivity index (χ3n) is 23.8. The fraction of sp³-hybridized carbons (Fsp3) is 0.340. The number of nitrogen functional groups attached to an aromatic ring is 2. The Hall–Kier alpha value is -13.8. The Balaban J connectivity index is 0.000000151. The van der Waals surface area contributed by atoms with E-state index in [1.807, 2.05) is 226 Å². The van der Waals surface area contributed by atoms with Gasteiger partial charge in [0.25, 0.3) is 23.6 Å². The van der Waals surface area contributed by atoms with E-state index < -0.39 is 36.1 Å². The van der Waals surface area contributed by atoms with Crippen LogP contribution in [0.15, 0.2) is 293 Å². The van der Waals surface area contributed by atoms with E-state index in [1.165, 1.54) is 25.7 Å². The molecular weight excluding hydrogens is 1670 g/mol. The summed E-state index contributed by atoms with van der Waals surface area (Å²) in [5.41, 5.74) is 21.6. The number of nitrogens with one attached hydrogen (secondary N) is 4. The molecule has 12 N–H and O–H groups in total. The summed E-state index contributed by atoms with van der Waals surface area (Å²) in [6, 6.07) is 74.2. The summed E-state index contributed by atoms with van der Waals surface area (Å²) in [7, 11) is 0. The van der Waals surface area contributed by atoms with Crippen molar-refractivity contribution >= 4 is 75.3 Å². The number of ketones is 2. The van der Waals surface area contributed by atoms with Crippen molar-refractivity contribution < 1.29 is 68.2 Å². The number of ether oxygens (including phenoxy) is 3. The molecule has 0 spiro atoms. The molecule has 4 amide bonds. The zero-order valence-electron chi connectivity index (χ0n) is 74.8. The van der Waals surface area contributed by atoms with Crippen molar-refractivity contribution in [3.63, 3.8) is 0 Å². The van der Waals surface area contributed by atoms with Gasteiger partial charge in [0.05, 0.1) is 19.0 Å². The van der Waals surface area contributed by atoms with Gasteiger partial charge in [-0.3, -0.25) is 28.8 Å². The van der Waals surface area contributed by atoms with Crippen LogP contribution >= 0.6 is 0 Å². The topological polar surface area (TPSA) is 382 Å². The lowest BCUT2D eigenvalue weighted by Crippen LogP contribution is -2.35. The number of aromatic nitrogens is 6. The highest BCUT2D eigenvalue weighted by atomic mass is 16.5. The minimum absolute atomic E-state index is 0.00116. The summed E-state index contributed by atoms with van der Waals surface area (Å²) in [6.07, 6.45) is 38.4. The van der Waals surface area contributed by atoms with Gasteiger partial charge >= 0.3 is 5.97 Å². The van der Waals surface area contributed by atoms with Gasteiger partial charge in [-0.1, -0.05) is 206 Å². The quantitative estimate of drug-likeness (QED) is 0.0178. The van der Waals surface area contributed by atoms with Crippen LogP contribution in [0.1, 0.15) is 177 Å². The number of carbonyl (C=O) groups excluding carboxylic acids is 6. The minimum Gasteiger partial charge on any atom is -0.489 e. The van der Waals surface area contributed by atoms with Gasteiger partial charge in [0.2, 0.25) is 11.6 Å². The van der Waals surface area contributed by atoms with E-state index in [4.69, 9.17) is 35.9 Å². The van der Waals surface area contributed by atoms with E-state index in [9.17, 15) is 43.8 Å². The number of carboxylic acids is 1. The second kappa shape index (κ2) is 54.0. The molecule has 5 aliphatic rings. The van der Waals surface area contributed by atoms with Crippen LogP contribution in [-0.2, 0) is 53.4 Å². The summed E-state index contributed by atoms with van der Waals surface area (Å²) in [5.74, 6) is -1.19. The number of nitrogens with zero attached hydrogens (tertiary/aromatic N) is 6. The number of anilines is 6. The van der Waals surface area contributed by atoms with Crippen molar-refractivity contribution in [3.8, 4) is 34.3 Å². The maximum absolute atomic E-state index is 12.3. The fourth-order valence-corrected chi connectivity index (χ4v) is 16.4. The molecule has 26 nitrogen and oxygen atoms in total. The molecule has 132 heavy (non-hydrogen) atoms. The first kappa shape index (κ1) is 98.8. The van der Waals surface area contributed by atoms with E-state index >= 15 is 0 Å². The maximum Gasteiger partial charge on any atom is 0.332 e. The van der Waals surface area contributed by atoms with Crippen LogP contribution in [0.4, 0.5) is 34.1 Å². The molecule has 3 heterocycles. The van der Waals surface area contributed by atoms with Crippen molar-refractivity contribution in [2.75, 3.05) is 32.7 Å². The van der Waals surface area contributed by atoms with Crippen LogP contribution in [0.3, 0.4) is 0 Å². The van der Waals surface area contributed by atoms with Gasteiger partial charge in [0.1, 0.15) is 49.3 Å². The molecule has 3 aromatic heterocycles. The highest BCUT2D eigenvalue weighted by Gasteiger charge is 2.32. The van der Waals surface area contributed by atoms with Crippen LogP contribution in [0, 0.1) is 29.6 Å². The summed E-state index contributed by atoms with van der Waals surface area (Å²) < 4.78 is 22.8. The van der Waals surface area contributed by atoms with E-state index in [-0.39, 0.29) is 53.0 Å². The summed E-state index contributed by atoms with van der Waals surface area (Å²) in [6.45, 7) is 1.51. The van der Waals surface area contributed by atoms with E-state index in [1.54, 1.807) is 80.0 Å². The number of imidazole rings is 3. The standard InChI is InChI=1S/C21H25NO3.C21H23NO3.C17H21N3O2.C17H19N3O2.C13H13NO.C9H9N3.C8H14O3/c2*23-20(17-10-5-2-6-11-17)21(24)22-18-12-7-13-19(14-18)25-15-16-8-3-1-4-9-16;2*21-16(13-4-2-1-3-5-13)17(22)19-14-6-8-15(9-7-14)20-11-10-18-12-20;14-12-7-4-8-13(9-12)15-10-11-5-2-1-3-6-11;10-8-1-3-9(4-2-8)12-6-5-11-7-12;9-7(8(10)11)6-4-2-1-3-5-6/h1,3-4,7-9,12-14,17,20,23H,2,5-6,10-11,15H2,(H,22,24);1,3-4,7-9,12-14,17H,2,5-6,10-11,15H2,(H,22,24);6-13,16,21H,1-5H2,(H,19,22);6-13H,1-5H2,(H,19,22);1-9H,10,14H2;1-7H,10H2;6-7,9H,1-5H2,(H,10,11). The molecular formula is C106H124N12O14. The first-order valence-corrected chi connectivity index (χ1v) is 46.0. The Morgan fingerprint density at radius 1 is 0.326 bits per heavy atom. The van der Waals surface area contributed by atoms with E-state index in [0.29, 0.717) is 54.1 Å².